The Morgan fingerprint density at radius 2 is 1.84 bits per heavy atom. The van der Waals surface area contributed by atoms with Gasteiger partial charge in [0.1, 0.15) is 11.4 Å². The van der Waals surface area contributed by atoms with Gasteiger partial charge in [0.2, 0.25) is 0 Å². The van der Waals surface area contributed by atoms with E-state index in [2.05, 4.69) is 42.7 Å². The van der Waals surface area contributed by atoms with Crippen molar-refractivity contribution in [2.45, 2.75) is 108 Å². The van der Waals surface area contributed by atoms with Crippen molar-refractivity contribution in [3.8, 4) is 5.75 Å². The second-order valence-electron chi connectivity index (χ2n) is 13.3. The number of fused-ring (bicyclic) bond motifs is 1. The third kappa shape index (κ3) is 6.50. The van der Waals surface area contributed by atoms with E-state index in [1.165, 1.54) is 11.6 Å². The number of hydrogen-bond donors (Lipinski definition) is 3. The molecule has 1 amide bonds. The molecule has 6 rings (SSSR count). The van der Waals surface area contributed by atoms with Crippen molar-refractivity contribution in [3.05, 3.63) is 99.5 Å². The van der Waals surface area contributed by atoms with E-state index in [1.807, 2.05) is 30.3 Å². The van der Waals surface area contributed by atoms with E-state index in [4.69, 9.17) is 4.74 Å². The van der Waals surface area contributed by atoms with Crippen LogP contribution in [0.2, 0.25) is 0 Å². The molecule has 2 heterocycles. The molecule has 3 aromatic rings. The second-order valence-corrected chi connectivity index (χ2v) is 13.3. The number of amides is 1. The molecule has 2 fully saturated rings. The number of rotatable bonds is 10. The minimum Gasteiger partial charge on any atom is -0.487 e. The minimum absolute atomic E-state index is 0.0449. The highest BCUT2D eigenvalue weighted by atomic mass is 16.5. The third-order valence-corrected chi connectivity index (χ3v) is 10.4. The first-order chi connectivity index (χ1) is 21.3. The quantitative estimate of drug-likeness (QED) is 0.271. The first-order valence-electron chi connectivity index (χ1n) is 16.7. The number of ether oxygens (including phenoxy) is 1. The summed E-state index contributed by atoms with van der Waals surface area (Å²) in [5, 5.41) is 18.5. The standard InChI is InChI=1S/C37H47N3O4/c1-3-26-15-17-34-30(20-26)32(22-37(44-34)19-9-10-25(37)2)38-23-33(41)31(21-27-11-5-4-6-12-27)39-36(43)28-16-18-35(42)40(24-28)29-13-7-8-14-29/h4-6,11-12,15-18,20,24-25,29,31-33,38,41H,3,7-10,13-14,19,21-23H2,1-2H3,(H,39,43)/t25?,31-,32-,33+,37?/m0/s1. The molecule has 1 spiro atoms. The van der Waals surface area contributed by atoms with E-state index >= 15 is 0 Å². The average molecular weight is 598 g/mol. The van der Waals surface area contributed by atoms with Crippen molar-refractivity contribution < 1.29 is 14.6 Å². The molecule has 0 bridgehead atoms. The molecule has 1 aliphatic heterocycles. The highest BCUT2D eigenvalue weighted by Gasteiger charge is 2.47. The number of aryl methyl sites for hydroxylation is 1. The molecule has 0 saturated heterocycles. The number of carbonyl (C=O) groups excluding carboxylic acids is 1. The molecule has 2 saturated carbocycles. The smallest absolute Gasteiger partial charge is 0.253 e. The third-order valence-electron chi connectivity index (χ3n) is 10.4. The molecule has 2 unspecified atom stereocenters. The summed E-state index contributed by atoms with van der Waals surface area (Å²) in [5.41, 5.74) is 3.63. The molecule has 3 N–H and O–H groups in total. The number of hydrogen-bond acceptors (Lipinski definition) is 5. The van der Waals surface area contributed by atoms with Gasteiger partial charge in [-0.25, -0.2) is 0 Å². The lowest BCUT2D eigenvalue weighted by atomic mass is 9.80. The number of nitrogens with zero attached hydrogens (tertiary/aromatic N) is 1. The summed E-state index contributed by atoms with van der Waals surface area (Å²) in [7, 11) is 0. The maximum Gasteiger partial charge on any atom is 0.253 e. The normalized spacial score (nSPS) is 24.5. The van der Waals surface area contributed by atoms with Crippen molar-refractivity contribution >= 4 is 5.91 Å². The summed E-state index contributed by atoms with van der Waals surface area (Å²) in [6, 6.07) is 19.2. The van der Waals surface area contributed by atoms with Crippen LogP contribution in [0.1, 0.15) is 104 Å². The van der Waals surface area contributed by atoms with Gasteiger partial charge in [-0.15, -0.1) is 0 Å². The lowest BCUT2D eigenvalue weighted by molar-refractivity contribution is -0.000472. The molecule has 44 heavy (non-hydrogen) atoms. The number of aromatic nitrogens is 1. The summed E-state index contributed by atoms with van der Waals surface area (Å²) >= 11 is 0. The zero-order valence-corrected chi connectivity index (χ0v) is 26.1. The van der Waals surface area contributed by atoms with Crippen molar-refractivity contribution in [2.75, 3.05) is 6.54 Å². The molecule has 234 valence electrons. The number of nitrogens with one attached hydrogen (secondary N) is 2. The van der Waals surface area contributed by atoms with Crippen LogP contribution in [0.5, 0.6) is 5.75 Å². The molecular formula is C37H47N3O4. The lowest BCUT2D eigenvalue weighted by Crippen LogP contribution is -2.51. The Bertz CT molecular complexity index is 1500. The van der Waals surface area contributed by atoms with Gasteiger partial charge in [0, 0.05) is 42.9 Å². The van der Waals surface area contributed by atoms with Gasteiger partial charge in [-0.05, 0) is 74.1 Å². The highest BCUT2D eigenvalue weighted by molar-refractivity contribution is 5.94. The van der Waals surface area contributed by atoms with Crippen molar-refractivity contribution in [1.29, 1.82) is 0 Å². The van der Waals surface area contributed by atoms with Gasteiger partial charge < -0.3 is 25.0 Å². The molecule has 5 atom stereocenters. The SMILES string of the molecule is CCc1ccc2c(c1)[C@@H](NC[C@@H](O)[C@H](Cc1ccccc1)NC(=O)c1ccc(=O)n(C3CCCC3)c1)CC1(CCCC1C)O2. The first kappa shape index (κ1) is 30.6. The van der Waals surface area contributed by atoms with Crippen LogP contribution in [-0.4, -0.2) is 39.9 Å². The van der Waals surface area contributed by atoms with Crippen LogP contribution in [-0.2, 0) is 12.8 Å². The summed E-state index contributed by atoms with van der Waals surface area (Å²) in [6.45, 7) is 4.78. The Kier molecular flexibility index (Phi) is 9.24. The number of aliphatic hydroxyl groups excluding tert-OH is 1. The van der Waals surface area contributed by atoms with E-state index < -0.39 is 12.1 Å². The summed E-state index contributed by atoms with van der Waals surface area (Å²) < 4.78 is 8.45. The Balaban J connectivity index is 1.21. The van der Waals surface area contributed by atoms with E-state index in [-0.39, 0.29) is 29.2 Å². The summed E-state index contributed by atoms with van der Waals surface area (Å²) in [4.78, 5) is 26.2. The van der Waals surface area contributed by atoms with Gasteiger partial charge in [-0.2, -0.15) is 0 Å². The molecule has 1 aromatic heterocycles. The fourth-order valence-electron chi connectivity index (χ4n) is 7.67. The van der Waals surface area contributed by atoms with Crippen molar-refractivity contribution in [2.24, 2.45) is 5.92 Å². The van der Waals surface area contributed by atoms with E-state index in [9.17, 15) is 14.7 Å². The Morgan fingerprint density at radius 3 is 2.57 bits per heavy atom. The zero-order valence-electron chi connectivity index (χ0n) is 26.1. The van der Waals surface area contributed by atoms with Crippen LogP contribution in [0, 0.1) is 5.92 Å². The Labute approximate surface area is 261 Å². The Morgan fingerprint density at radius 1 is 1.05 bits per heavy atom. The van der Waals surface area contributed by atoms with Crippen molar-refractivity contribution in [1.82, 2.24) is 15.2 Å². The zero-order chi connectivity index (χ0) is 30.7. The van der Waals surface area contributed by atoms with Crippen molar-refractivity contribution in [3.63, 3.8) is 0 Å². The average Bonchev–Trinajstić information content (AvgIpc) is 3.70. The van der Waals surface area contributed by atoms with Crippen LogP contribution in [0.25, 0.3) is 0 Å². The second kappa shape index (κ2) is 13.3. The van der Waals surface area contributed by atoms with Crippen LogP contribution >= 0.6 is 0 Å². The van der Waals surface area contributed by atoms with E-state index in [1.54, 1.807) is 16.8 Å². The fraction of sp³-hybridized carbons (Fsp3) is 0.514. The van der Waals surface area contributed by atoms with Gasteiger partial charge >= 0.3 is 0 Å². The molecule has 7 heteroatoms. The summed E-state index contributed by atoms with van der Waals surface area (Å²) in [5.74, 6) is 1.13. The molecule has 7 nitrogen and oxygen atoms in total. The first-order valence-corrected chi connectivity index (χ1v) is 16.7. The van der Waals surface area contributed by atoms with Crippen LogP contribution < -0.4 is 20.9 Å². The van der Waals surface area contributed by atoms with Crippen LogP contribution in [0.4, 0.5) is 0 Å². The maximum absolute atomic E-state index is 13.6. The predicted octanol–water partition coefficient (Wildman–Crippen LogP) is 5.90. The van der Waals surface area contributed by atoms with Crippen LogP contribution in [0.3, 0.4) is 0 Å². The molecule has 0 radical (unpaired) electrons. The highest BCUT2D eigenvalue weighted by Crippen LogP contribution is 2.50. The number of carbonyl (C=O) groups is 1. The number of benzene rings is 2. The molecule has 2 aromatic carbocycles. The van der Waals surface area contributed by atoms with E-state index in [0.29, 0.717) is 24.4 Å². The number of aliphatic hydroxyl groups is 1. The summed E-state index contributed by atoms with van der Waals surface area (Å²) in [6.07, 6.45) is 10.7. The van der Waals surface area contributed by atoms with Gasteiger partial charge in [-0.1, -0.05) is 69.2 Å². The van der Waals surface area contributed by atoms with Gasteiger partial charge in [0.25, 0.3) is 11.5 Å². The van der Waals surface area contributed by atoms with Gasteiger partial charge in [-0.3, -0.25) is 9.59 Å². The van der Waals surface area contributed by atoms with Gasteiger partial charge in [0.05, 0.1) is 17.7 Å². The Hall–Kier alpha value is -3.42. The molecule has 2 aliphatic carbocycles. The number of pyridine rings is 1. The van der Waals surface area contributed by atoms with Gasteiger partial charge in [0.15, 0.2) is 0 Å². The topological polar surface area (TPSA) is 92.6 Å². The monoisotopic (exact) mass is 597 g/mol. The molecule has 3 aliphatic rings. The fourth-order valence-corrected chi connectivity index (χ4v) is 7.67. The van der Waals surface area contributed by atoms with Crippen LogP contribution in [0.15, 0.2) is 71.7 Å². The predicted molar refractivity (Wildman–Crippen MR) is 173 cm³/mol. The van der Waals surface area contributed by atoms with E-state index in [0.717, 1.165) is 74.7 Å². The largest absolute Gasteiger partial charge is 0.487 e. The maximum atomic E-state index is 13.6. The lowest BCUT2D eigenvalue weighted by Gasteiger charge is -2.43. The molecular weight excluding hydrogens is 550 g/mol. The minimum atomic E-state index is -0.836.